The Hall–Kier alpha value is -1.77. The number of rotatable bonds is 7. The summed E-state index contributed by atoms with van der Waals surface area (Å²) < 4.78 is 5.76. The SMILES string of the molecule is C1=C(Cc2ccccc2)CCN(CCCOc2ccccc2)C1.Cl. The quantitative estimate of drug-likeness (QED) is 0.531. The zero-order chi connectivity index (χ0) is 15.7. The Morgan fingerprint density at radius 3 is 2.29 bits per heavy atom. The fourth-order valence-corrected chi connectivity index (χ4v) is 2.97. The third-order valence-corrected chi connectivity index (χ3v) is 4.29. The summed E-state index contributed by atoms with van der Waals surface area (Å²) in [7, 11) is 0. The van der Waals surface area contributed by atoms with E-state index in [2.05, 4.69) is 41.3 Å². The molecule has 0 saturated carbocycles. The lowest BCUT2D eigenvalue weighted by molar-refractivity contribution is 0.244. The molecule has 128 valence electrons. The molecule has 0 radical (unpaired) electrons. The lowest BCUT2D eigenvalue weighted by Crippen LogP contribution is -2.30. The first-order valence-corrected chi connectivity index (χ1v) is 8.52. The van der Waals surface area contributed by atoms with Crippen LogP contribution in [0.3, 0.4) is 0 Å². The van der Waals surface area contributed by atoms with Crippen molar-refractivity contribution >= 4 is 12.4 Å². The Morgan fingerprint density at radius 1 is 0.917 bits per heavy atom. The van der Waals surface area contributed by atoms with Gasteiger partial charge >= 0.3 is 0 Å². The number of hydrogen-bond donors (Lipinski definition) is 0. The molecule has 1 aliphatic rings. The Kier molecular flexibility index (Phi) is 7.87. The second-order valence-corrected chi connectivity index (χ2v) is 6.09. The Labute approximate surface area is 151 Å². The molecule has 3 rings (SSSR count). The van der Waals surface area contributed by atoms with E-state index in [0.29, 0.717) is 0 Å². The second kappa shape index (κ2) is 10.2. The van der Waals surface area contributed by atoms with E-state index in [1.807, 2.05) is 30.3 Å². The summed E-state index contributed by atoms with van der Waals surface area (Å²) in [5.41, 5.74) is 3.00. The van der Waals surface area contributed by atoms with E-state index in [-0.39, 0.29) is 12.4 Å². The van der Waals surface area contributed by atoms with Crippen LogP contribution in [0.2, 0.25) is 0 Å². The van der Waals surface area contributed by atoms with Crippen LogP contribution < -0.4 is 4.74 Å². The molecule has 3 heteroatoms. The molecule has 0 spiro atoms. The van der Waals surface area contributed by atoms with Gasteiger partial charge in [0.2, 0.25) is 0 Å². The zero-order valence-electron chi connectivity index (χ0n) is 14.1. The van der Waals surface area contributed by atoms with Gasteiger partial charge in [-0.1, -0.05) is 60.2 Å². The zero-order valence-corrected chi connectivity index (χ0v) is 14.9. The van der Waals surface area contributed by atoms with Gasteiger partial charge in [-0.3, -0.25) is 4.90 Å². The molecular formula is C21H26ClNO. The summed E-state index contributed by atoms with van der Waals surface area (Å²) in [6, 6.07) is 20.8. The van der Waals surface area contributed by atoms with Crippen molar-refractivity contribution in [3.05, 3.63) is 77.9 Å². The molecule has 0 N–H and O–H groups in total. The van der Waals surface area contributed by atoms with E-state index in [9.17, 15) is 0 Å². The monoisotopic (exact) mass is 343 g/mol. The van der Waals surface area contributed by atoms with Crippen molar-refractivity contribution in [3.63, 3.8) is 0 Å². The highest BCUT2D eigenvalue weighted by Crippen LogP contribution is 2.16. The largest absolute Gasteiger partial charge is 0.494 e. The highest BCUT2D eigenvalue weighted by molar-refractivity contribution is 5.85. The summed E-state index contributed by atoms with van der Waals surface area (Å²) in [5, 5.41) is 0. The van der Waals surface area contributed by atoms with Crippen molar-refractivity contribution < 1.29 is 4.74 Å². The van der Waals surface area contributed by atoms with E-state index >= 15 is 0 Å². The van der Waals surface area contributed by atoms with Crippen molar-refractivity contribution in [2.24, 2.45) is 0 Å². The number of nitrogens with zero attached hydrogens (tertiary/aromatic N) is 1. The molecule has 0 fully saturated rings. The van der Waals surface area contributed by atoms with Crippen LogP contribution in [0.1, 0.15) is 18.4 Å². The van der Waals surface area contributed by atoms with Gasteiger partial charge in [0.15, 0.2) is 0 Å². The molecule has 1 aliphatic heterocycles. The third-order valence-electron chi connectivity index (χ3n) is 4.29. The van der Waals surface area contributed by atoms with Crippen molar-refractivity contribution in [2.45, 2.75) is 19.3 Å². The molecular weight excluding hydrogens is 318 g/mol. The second-order valence-electron chi connectivity index (χ2n) is 6.09. The van der Waals surface area contributed by atoms with Gasteiger partial charge in [0.25, 0.3) is 0 Å². The molecule has 2 aromatic carbocycles. The Bertz CT molecular complexity index is 612. The fourth-order valence-electron chi connectivity index (χ4n) is 2.97. The molecule has 0 saturated heterocycles. The minimum atomic E-state index is 0. The number of ether oxygens (including phenoxy) is 1. The first-order valence-electron chi connectivity index (χ1n) is 8.52. The maximum absolute atomic E-state index is 5.76. The summed E-state index contributed by atoms with van der Waals surface area (Å²) in [6.07, 6.45) is 5.78. The van der Waals surface area contributed by atoms with E-state index in [1.165, 1.54) is 18.5 Å². The summed E-state index contributed by atoms with van der Waals surface area (Å²) >= 11 is 0. The predicted octanol–water partition coefficient (Wildman–Crippen LogP) is 4.75. The maximum atomic E-state index is 5.76. The van der Waals surface area contributed by atoms with Crippen molar-refractivity contribution in [3.8, 4) is 5.75 Å². The van der Waals surface area contributed by atoms with Gasteiger partial charge in [0.1, 0.15) is 5.75 Å². The lowest BCUT2D eigenvalue weighted by Gasteiger charge is -2.26. The molecule has 24 heavy (non-hydrogen) atoms. The highest BCUT2D eigenvalue weighted by Gasteiger charge is 2.11. The van der Waals surface area contributed by atoms with Crippen molar-refractivity contribution in [1.82, 2.24) is 4.90 Å². The molecule has 0 unspecified atom stereocenters. The minimum Gasteiger partial charge on any atom is -0.494 e. The summed E-state index contributed by atoms with van der Waals surface area (Å²) in [5.74, 6) is 0.969. The number of hydrogen-bond acceptors (Lipinski definition) is 2. The van der Waals surface area contributed by atoms with Crippen LogP contribution in [0.4, 0.5) is 0 Å². The molecule has 0 amide bonds. The molecule has 0 aliphatic carbocycles. The predicted molar refractivity (Wildman–Crippen MR) is 103 cm³/mol. The van der Waals surface area contributed by atoms with Crippen LogP contribution in [-0.2, 0) is 6.42 Å². The van der Waals surface area contributed by atoms with Gasteiger partial charge < -0.3 is 4.74 Å². The Balaban J connectivity index is 0.00000208. The normalized spacial score (nSPS) is 14.6. The number of para-hydroxylation sites is 1. The van der Waals surface area contributed by atoms with Crippen molar-refractivity contribution in [1.29, 1.82) is 0 Å². The molecule has 0 atom stereocenters. The molecule has 2 aromatic rings. The van der Waals surface area contributed by atoms with E-state index < -0.39 is 0 Å². The smallest absolute Gasteiger partial charge is 0.119 e. The van der Waals surface area contributed by atoms with Crippen LogP contribution in [-0.4, -0.2) is 31.1 Å². The van der Waals surface area contributed by atoms with Gasteiger partial charge in [-0.05, 0) is 37.0 Å². The van der Waals surface area contributed by atoms with Gasteiger partial charge in [-0.25, -0.2) is 0 Å². The summed E-state index contributed by atoms with van der Waals surface area (Å²) in [4.78, 5) is 2.52. The topological polar surface area (TPSA) is 12.5 Å². The minimum absolute atomic E-state index is 0. The average molecular weight is 344 g/mol. The maximum Gasteiger partial charge on any atom is 0.119 e. The van der Waals surface area contributed by atoms with E-state index in [1.54, 1.807) is 5.57 Å². The van der Waals surface area contributed by atoms with Crippen LogP contribution in [0.25, 0.3) is 0 Å². The van der Waals surface area contributed by atoms with E-state index in [0.717, 1.165) is 38.3 Å². The molecule has 1 heterocycles. The lowest BCUT2D eigenvalue weighted by atomic mass is 9.99. The highest BCUT2D eigenvalue weighted by atomic mass is 35.5. The van der Waals surface area contributed by atoms with Gasteiger partial charge in [-0.2, -0.15) is 0 Å². The summed E-state index contributed by atoms with van der Waals surface area (Å²) in [6.45, 7) is 4.15. The standard InChI is InChI=1S/C21H25NO.ClH/c1-3-8-19(9-4-1)18-20-12-15-22(16-13-20)14-7-17-23-21-10-5-2-6-11-21;/h1-6,8-12H,7,13-18H2;1H. The molecule has 0 aromatic heterocycles. The van der Waals surface area contributed by atoms with Crippen molar-refractivity contribution in [2.75, 3.05) is 26.2 Å². The fraction of sp³-hybridized carbons (Fsp3) is 0.333. The van der Waals surface area contributed by atoms with Crippen LogP contribution >= 0.6 is 12.4 Å². The van der Waals surface area contributed by atoms with Gasteiger partial charge in [0.05, 0.1) is 6.61 Å². The third kappa shape index (κ3) is 6.03. The first-order chi connectivity index (χ1) is 11.4. The number of benzene rings is 2. The van der Waals surface area contributed by atoms with Crippen LogP contribution in [0, 0.1) is 0 Å². The molecule has 0 bridgehead atoms. The van der Waals surface area contributed by atoms with Gasteiger partial charge in [-0.15, -0.1) is 12.4 Å². The van der Waals surface area contributed by atoms with Crippen LogP contribution in [0.5, 0.6) is 5.75 Å². The van der Waals surface area contributed by atoms with E-state index in [4.69, 9.17) is 4.74 Å². The van der Waals surface area contributed by atoms with Crippen LogP contribution in [0.15, 0.2) is 72.3 Å². The van der Waals surface area contributed by atoms with Gasteiger partial charge in [0, 0.05) is 19.6 Å². The first kappa shape index (κ1) is 18.6. The average Bonchev–Trinajstić information content (AvgIpc) is 2.62. The molecule has 2 nitrogen and oxygen atoms in total. The number of halogens is 1. The Morgan fingerprint density at radius 2 is 1.62 bits per heavy atom.